The molecular weight excluding hydrogens is 286 g/mol. The van der Waals surface area contributed by atoms with Crippen molar-refractivity contribution in [2.45, 2.75) is 13.1 Å². The minimum atomic E-state index is 0.752. The van der Waals surface area contributed by atoms with E-state index in [9.17, 15) is 0 Å². The summed E-state index contributed by atoms with van der Waals surface area (Å²) in [4.78, 5) is 8.54. The minimum absolute atomic E-state index is 0.752. The number of para-hydroxylation sites is 2. The van der Waals surface area contributed by atoms with Crippen molar-refractivity contribution >= 4 is 17.0 Å². The highest BCUT2D eigenvalue weighted by molar-refractivity contribution is 5.79. The molecule has 2 aromatic carbocycles. The largest absolute Gasteiger partial charge is 0.359 e. The first kappa shape index (κ1) is 15.1. The van der Waals surface area contributed by atoms with Crippen LogP contribution in [0.25, 0.3) is 11.0 Å². The van der Waals surface area contributed by atoms with Crippen LogP contribution >= 0.6 is 0 Å². The number of aromatic nitrogens is 2. The third-order valence-electron chi connectivity index (χ3n) is 3.82. The predicted molar refractivity (Wildman–Crippen MR) is 94.5 cm³/mol. The highest BCUT2D eigenvalue weighted by Gasteiger charge is 2.03. The van der Waals surface area contributed by atoms with Crippen molar-refractivity contribution in [1.29, 1.82) is 0 Å². The van der Waals surface area contributed by atoms with E-state index in [1.165, 1.54) is 11.1 Å². The van der Waals surface area contributed by atoms with Crippen molar-refractivity contribution in [3.8, 4) is 0 Å². The minimum Gasteiger partial charge on any atom is -0.359 e. The van der Waals surface area contributed by atoms with Crippen molar-refractivity contribution < 1.29 is 0 Å². The molecular formula is C18H21N5. The second kappa shape index (κ2) is 6.96. The van der Waals surface area contributed by atoms with Crippen LogP contribution in [0.5, 0.6) is 0 Å². The molecule has 0 bridgehead atoms. The first-order chi connectivity index (χ1) is 11.3. The number of fused-ring (bicyclic) bond motifs is 1. The number of aliphatic imine (C=N–C) groups is 1. The maximum absolute atomic E-state index is 4.43. The fourth-order valence-electron chi connectivity index (χ4n) is 2.56. The Kier molecular flexibility index (Phi) is 4.57. The monoisotopic (exact) mass is 307 g/mol. The maximum Gasteiger partial charge on any atom is 0.190 e. The summed E-state index contributed by atoms with van der Waals surface area (Å²) in [6.45, 7) is 1.58. The summed E-state index contributed by atoms with van der Waals surface area (Å²) in [5, 5.41) is 6.26. The predicted octanol–water partition coefficient (Wildman–Crippen LogP) is 2.38. The zero-order valence-electron chi connectivity index (χ0n) is 13.5. The van der Waals surface area contributed by atoms with E-state index in [0.29, 0.717) is 0 Å². The van der Waals surface area contributed by atoms with Crippen LogP contribution in [0.2, 0.25) is 0 Å². The number of nitrogens with zero attached hydrogens (tertiary/aromatic N) is 3. The summed E-state index contributed by atoms with van der Waals surface area (Å²) < 4.78 is 2.17. The Hall–Kier alpha value is -2.82. The Morgan fingerprint density at radius 1 is 1.09 bits per heavy atom. The second-order valence-electron chi connectivity index (χ2n) is 5.35. The van der Waals surface area contributed by atoms with E-state index in [1.54, 1.807) is 7.05 Å². The van der Waals surface area contributed by atoms with Crippen LogP contribution < -0.4 is 10.6 Å². The molecule has 23 heavy (non-hydrogen) atoms. The van der Waals surface area contributed by atoms with Crippen molar-refractivity contribution in [3.63, 3.8) is 0 Å². The van der Waals surface area contributed by atoms with Gasteiger partial charge in [-0.25, -0.2) is 4.98 Å². The van der Waals surface area contributed by atoms with Gasteiger partial charge >= 0.3 is 0 Å². The first-order valence-corrected chi connectivity index (χ1v) is 7.66. The Morgan fingerprint density at radius 3 is 2.57 bits per heavy atom. The van der Waals surface area contributed by atoms with Crippen LogP contribution in [0.1, 0.15) is 11.1 Å². The average molecular weight is 307 g/mol. The number of imidazole rings is 1. The van der Waals surface area contributed by atoms with E-state index in [4.69, 9.17) is 0 Å². The van der Waals surface area contributed by atoms with Crippen LogP contribution in [0.3, 0.4) is 0 Å². The van der Waals surface area contributed by atoms with Gasteiger partial charge in [0.05, 0.1) is 17.4 Å². The highest BCUT2D eigenvalue weighted by Crippen LogP contribution is 2.14. The molecule has 5 heteroatoms. The van der Waals surface area contributed by atoms with E-state index in [-0.39, 0.29) is 0 Å². The van der Waals surface area contributed by atoms with Gasteiger partial charge in [0, 0.05) is 27.2 Å². The zero-order chi connectivity index (χ0) is 16.1. The lowest BCUT2D eigenvalue weighted by molar-refractivity contribution is 0.820. The number of nitrogens with one attached hydrogen (secondary N) is 2. The van der Waals surface area contributed by atoms with Gasteiger partial charge in [0.25, 0.3) is 0 Å². The molecule has 5 nitrogen and oxygen atoms in total. The van der Waals surface area contributed by atoms with Crippen LogP contribution in [0, 0.1) is 0 Å². The number of hydrogen-bond acceptors (Lipinski definition) is 2. The molecule has 0 aliphatic heterocycles. The van der Waals surface area contributed by atoms with Gasteiger partial charge in [-0.05, 0) is 23.3 Å². The molecule has 0 aliphatic carbocycles. The molecule has 0 saturated carbocycles. The SMILES string of the molecule is CN=C(NC)NCc1ccc(Cn2cnc3ccccc32)cc1. The summed E-state index contributed by atoms with van der Waals surface area (Å²) in [5.41, 5.74) is 4.68. The third kappa shape index (κ3) is 3.51. The molecule has 0 amide bonds. The Labute approximate surface area is 136 Å². The normalized spacial score (nSPS) is 11.7. The van der Waals surface area contributed by atoms with Crippen LogP contribution in [-0.4, -0.2) is 29.6 Å². The Morgan fingerprint density at radius 2 is 1.83 bits per heavy atom. The van der Waals surface area contributed by atoms with Crippen molar-refractivity contribution in [2.75, 3.05) is 14.1 Å². The molecule has 0 spiro atoms. The molecule has 3 aromatic rings. The van der Waals surface area contributed by atoms with Crippen LogP contribution in [0.15, 0.2) is 59.9 Å². The lowest BCUT2D eigenvalue weighted by Gasteiger charge is -2.09. The third-order valence-corrected chi connectivity index (χ3v) is 3.82. The van der Waals surface area contributed by atoms with Crippen LogP contribution in [0.4, 0.5) is 0 Å². The molecule has 0 radical (unpaired) electrons. The second-order valence-corrected chi connectivity index (χ2v) is 5.35. The lowest BCUT2D eigenvalue weighted by Crippen LogP contribution is -2.34. The Bertz CT molecular complexity index is 802. The molecule has 2 N–H and O–H groups in total. The molecule has 1 aromatic heterocycles. The number of rotatable bonds is 4. The van der Waals surface area contributed by atoms with Gasteiger partial charge in [-0.1, -0.05) is 36.4 Å². The molecule has 0 atom stereocenters. The average Bonchev–Trinajstić information content (AvgIpc) is 3.00. The van der Waals surface area contributed by atoms with Crippen LogP contribution in [-0.2, 0) is 13.1 Å². The molecule has 0 fully saturated rings. The molecule has 0 aliphatic rings. The van der Waals surface area contributed by atoms with Gasteiger partial charge in [0.15, 0.2) is 5.96 Å². The fraction of sp³-hybridized carbons (Fsp3) is 0.222. The zero-order valence-corrected chi connectivity index (χ0v) is 13.5. The van der Waals surface area contributed by atoms with Gasteiger partial charge in [-0.3, -0.25) is 4.99 Å². The quantitative estimate of drug-likeness (QED) is 0.575. The molecule has 1 heterocycles. The highest BCUT2D eigenvalue weighted by atomic mass is 15.1. The number of hydrogen-bond donors (Lipinski definition) is 2. The van der Waals surface area contributed by atoms with Crippen molar-refractivity contribution in [2.24, 2.45) is 4.99 Å². The molecule has 118 valence electrons. The van der Waals surface area contributed by atoms with Gasteiger partial charge in [0.2, 0.25) is 0 Å². The summed E-state index contributed by atoms with van der Waals surface area (Å²) in [5.74, 6) is 0.791. The van der Waals surface area contributed by atoms with Gasteiger partial charge < -0.3 is 15.2 Å². The Balaban J connectivity index is 1.68. The summed E-state index contributed by atoms with van der Waals surface area (Å²) in [6, 6.07) is 16.8. The smallest absolute Gasteiger partial charge is 0.190 e. The van der Waals surface area contributed by atoms with E-state index in [0.717, 1.165) is 30.1 Å². The first-order valence-electron chi connectivity index (χ1n) is 7.66. The van der Waals surface area contributed by atoms with E-state index < -0.39 is 0 Å². The topological polar surface area (TPSA) is 54.2 Å². The van der Waals surface area contributed by atoms with E-state index in [2.05, 4.69) is 55.5 Å². The summed E-state index contributed by atoms with van der Waals surface area (Å²) in [7, 11) is 3.62. The standard InChI is InChI=1S/C18H21N5/c1-19-18(20-2)21-11-14-7-9-15(10-8-14)12-23-13-22-16-5-3-4-6-17(16)23/h3-10,13H,11-12H2,1-2H3,(H2,19,20,21). The summed E-state index contributed by atoms with van der Waals surface area (Å²) >= 11 is 0. The van der Waals surface area contributed by atoms with E-state index >= 15 is 0 Å². The molecule has 3 rings (SSSR count). The van der Waals surface area contributed by atoms with Gasteiger partial charge in [-0.15, -0.1) is 0 Å². The molecule has 0 saturated heterocycles. The number of guanidine groups is 1. The number of benzene rings is 2. The molecule has 0 unspecified atom stereocenters. The fourth-order valence-corrected chi connectivity index (χ4v) is 2.56. The van der Waals surface area contributed by atoms with Crippen molar-refractivity contribution in [1.82, 2.24) is 20.2 Å². The lowest BCUT2D eigenvalue weighted by atomic mass is 10.1. The van der Waals surface area contributed by atoms with Crippen molar-refractivity contribution in [3.05, 3.63) is 66.0 Å². The maximum atomic E-state index is 4.43. The summed E-state index contributed by atoms with van der Waals surface area (Å²) in [6.07, 6.45) is 1.90. The van der Waals surface area contributed by atoms with E-state index in [1.807, 2.05) is 31.6 Å². The van der Waals surface area contributed by atoms with Gasteiger partial charge in [0.1, 0.15) is 0 Å². The van der Waals surface area contributed by atoms with Gasteiger partial charge in [-0.2, -0.15) is 0 Å².